The number of piperidine rings is 1. The summed E-state index contributed by atoms with van der Waals surface area (Å²) in [7, 11) is 0. The highest BCUT2D eigenvalue weighted by Gasteiger charge is 2.38. The van der Waals surface area contributed by atoms with Gasteiger partial charge >= 0.3 is 12.3 Å². The van der Waals surface area contributed by atoms with Gasteiger partial charge in [0.05, 0.1) is 16.9 Å². The number of anilines is 2. The van der Waals surface area contributed by atoms with E-state index in [0.29, 0.717) is 47.0 Å². The SMILES string of the molecule is Cc1ccc2c(NC[C@H](O)C(F)(F)F)c(F)ccc2c1Oc1ncccc1-c1ccnc(N[C@H]2CCCN(C(=O)OC(C)(C)C)C2)n1. The number of carbonyl (C=O) groups is 1. The molecule has 3 N–H and O–H groups in total. The van der Waals surface area contributed by atoms with E-state index in [-0.39, 0.29) is 29.1 Å². The molecule has 0 spiro atoms. The number of aromatic nitrogens is 3. The fraction of sp³-hybridized carbons (Fsp3) is 0.394. The van der Waals surface area contributed by atoms with Crippen molar-refractivity contribution in [3.63, 3.8) is 0 Å². The smallest absolute Gasteiger partial charge is 0.416 e. The minimum absolute atomic E-state index is 0.102. The number of aryl methyl sites for hydroxylation is 1. The van der Waals surface area contributed by atoms with E-state index in [4.69, 9.17) is 9.47 Å². The van der Waals surface area contributed by atoms with Gasteiger partial charge in [0, 0.05) is 48.8 Å². The second-order valence-electron chi connectivity index (χ2n) is 12.3. The lowest BCUT2D eigenvalue weighted by Gasteiger charge is -2.34. The van der Waals surface area contributed by atoms with Gasteiger partial charge in [0.2, 0.25) is 11.8 Å². The number of carbonyl (C=O) groups excluding carboxylic acids is 1. The molecule has 1 saturated heterocycles. The molecule has 14 heteroatoms. The fourth-order valence-electron chi connectivity index (χ4n) is 5.20. The molecule has 2 atom stereocenters. The average molecular weight is 657 g/mol. The monoisotopic (exact) mass is 656 g/mol. The Kier molecular flexibility index (Phi) is 9.70. The van der Waals surface area contributed by atoms with Gasteiger partial charge < -0.3 is 30.1 Å². The average Bonchev–Trinajstić information content (AvgIpc) is 3.01. The van der Waals surface area contributed by atoms with E-state index < -0.39 is 30.2 Å². The van der Waals surface area contributed by atoms with Crippen LogP contribution in [0.5, 0.6) is 11.6 Å². The molecule has 250 valence electrons. The van der Waals surface area contributed by atoms with E-state index in [1.165, 1.54) is 12.3 Å². The zero-order valence-electron chi connectivity index (χ0n) is 26.4. The van der Waals surface area contributed by atoms with Crippen molar-refractivity contribution < 1.29 is 36.9 Å². The van der Waals surface area contributed by atoms with Crippen molar-refractivity contribution in [1.82, 2.24) is 19.9 Å². The number of pyridine rings is 1. The van der Waals surface area contributed by atoms with Crippen LogP contribution < -0.4 is 15.4 Å². The number of benzene rings is 2. The number of aliphatic hydroxyl groups excluding tert-OH is 1. The maximum absolute atomic E-state index is 14.8. The Morgan fingerprint density at radius 2 is 1.85 bits per heavy atom. The predicted octanol–water partition coefficient (Wildman–Crippen LogP) is 7.08. The highest BCUT2D eigenvalue weighted by Crippen LogP contribution is 2.39. The second-order valence-corrected chi connectivity index (χ2v) is 12.3. The molecule has 1 aliphatic rings. The van der Waals surface area contributed by atoms with E-state index in [0.717, 1.165) is 18.9 Å². The molecule has 0 unspecified atom stereocenters. The minimum Gasteiger partial charge on any atom is -0.444 e. The van der Waals surface area contributed by atoms with Crippen molar-refractivity contribution in [2.24, 2.45) is 0 Å². The molecule has 47 heavy (non-hydrogen) atoms. The summed E-state index contributed by atoms with van der Waals surface area (Å²) >= 11 is 0. The minimum atomic E-state index is -4.86. The summed E-state index contributed by atoms with van der Waals surface area (Å²) < 4.78 is 65.4. The van der Waals surface area contributed by atoms with Gasteiger partial charge in [-0.15, -0.1) is 0 Å². The summed E-state index contributed by atoms with van der Waals surface area (Å²) in [5.74, 6) is 0.0712. The Bertz CT molecular complexity index is 1750. The number of nitrogens with zero attached hydrogens (tertiary/aromatic N) is 4. The highest BCUT2D eigenvalue weighted by molar-refractivity contribution is 5.99. The van der Waals surface area contributed by atoms with Crippen molar-refractivity contribution in [1.29, 1.82) is 0 Å². The Labute approximate surface area is 269 Å². The van der Waals surface area contributed by atoms with Gasteiger partial charge in [0.15, 0.2) is 6.10 Å². The molecular formula is C33H36F4N6O4. The van der Waals surface area contributed by atoms with E-state index in [2.05, 4.69) is 25.6 Å². The van der Waals surface area contributed by atoms with Crippen LogP contribution in [0.1, 0.15) is 39.2 Å². The van der Waals surface area contributed by atoms with Gasteiger partial charge in [0.1, 0.15) is 17.2 Å². The quantitative estimate of drug-likeness (QED) is 0.171. The first-order valence-electron chi connectivity index (χ1n) is 15.1. The van der Waals surface area contributed by atoms with Crippen LogP contribution >= 0.6 is 0 Å². The Morgan fingerprint density at radius 1 is 1.09 bits per heavy atom. The molecule has 10 nitrogen and oxygen atoms in total. The van der Waals surface area contributed by atoms with Crippen LogP contribution in [0.15, 0.2) is 54.9 Å². The van der Waals surface area contributed by atoms with Crippen LogP contribution in [-0.4, -0.2) is 74.6 Å². The third-order valence-electron chi connectivity index (χ3n) is 7.46. The molecule has 5 rings (SSSR count). The van der Waals surface area contributed by atoms with Gasteiger partial charge in [-0.05, 0) is 76.4 Å². The molecule has 3 heterocycles. The number of amides is 1. The Morgan fingerprint density at radius 3 is 2.60 bits per heavy atom. The summed E-state index contributed by atoms with van der Waals surface area (Å²) in [6.07, 6.45) is -3.19. The molecule has 0 aliphatic carbocycles. The lowest BCUT2D eigenvalue weighted by Crippen LogP contribution is -2.47. The fourth-order valence-corrected chi connectivity index (χ4v) is 5.20. The predicted molar refractivity (Wildman–Crippen MR) is 169 cm³/mol. The zero-order valence-corrected chi connectivity index (χ0v) is 26.4. The van der Waals surface area contributed by atoms with Crippen LogP contribution in [0.2, 0.25) is 0 Å². The molecule has 0 saturated carbocycles. The van der Waals surface area contributed by atoms with E-state index in [9.17, 15) is 27.5 Å². The summed E-state index contributed by atoms with van der Waals surface area (Å²) in [5, 5.41) is 15.8. The molecule has 2 aromatic heterocycles. The Hall–Kier alpha value is -4.72. The molecule has 4 aromatic rings. The second kappa shape index (κ2) is 13.6. The maximum atomic E-state index is 14.8. The van der Waals surface area contributed by atoms with Crippen LogP contribution in [0, 0.1) is 12.7 Å². The first-order valence-corrected chi connectivity index (χ1v) is 15.1. The molecule has 2 aromatic carbocycles. The number of ether oxygens (including phenoxy) is 2. The van der Waals surface area contributed by atoms with Crippen molar-refractivity contribution in [2.45, 2.75) is 64.5 Å². The summed E-state index contributed by atoms with van der Waals surface area (Å²) in [6, 6.07) is 10.9. The number of hydrogen-bond acceptors (Lipinski definition) is 9. The highest BCUT2D eigenvalue weighted by atomic mass is 19.4. The standard InChI is InChI=1S/C33H36F4N6O4/c1-19-9-10-21-22(11-12-24(34)27(21)40-17-26(44)33(35,36)37)28(19)46-29-23(8-5-14-38-29)25-13-15-39-30(42-25)41-20-7-6-16-43(18-20)31(45)47-32(2,3)4/h5,8-15,20,26,40,44H,6-7,16-18H2,1-4H3,(H,39,41,42)/t20-,26-/m0/s1. The van der Waals surface area contributed by atoms with E-state index in [1.54, 1.807) is 48.4 Å². The van der Waals surface area contributed by atoms with Crippen molar-refractivity contribution >= 4 is 28.5 Å². The lowest BCUT2D eigenvalue weighted by molar-refractivity contribution is -0.198. The number of nitrogens with one attached hydrogen (secondary N) is 2. The van der Waals surface area contributed by atoms with Gasteiger partial charge in [-0.3, -0.25) is 0 Å². The number of aliphatic hydroxyl groups is 1. The number of rotatable bonds is 8. The van der Waals surface area contributed by atoms with Crippen LogP contribution in [-0.2, 0) is 4.74 Å². The summed E-state index contributed by atoms with van der Waals surface area (Å²) in [6.45, 7) is 7.34. The van der Waals surface area contributed by atoms with Crippen molar-refractivity contribution in [2.75, 3.05) is 30.3 Å². The zero-order chi connectivity index (χ0) is 33.9. The van der Waals surface area contributed by atoms with Crippen LogP contribution in [0.4, 0.5) is 34.0 Å². The third kappa shape index (κ3) is 8.17. The van der Waals surface area contributed by atoms with Crippen molar-refractivity contribution in [3.05, 3.63) is 66.2 Å². The molecule has 1 amide bonds. The van der Waals surface area contributed by atoms with Gasteiger partial charge in [-0.1, -0.05) is 12.1 Å². The topological polar surface area (TPSA) is 122 Å². The number of likely N-dealkylation sites (tertiary alicyclic amines) is 1. The molecule has 0 bridgehead atoms. The largest absolute Gasteiger partial charge is 0.444 e. The lowest BCUT2D eigenvalue weighted by atomic mass is 10.0. The molecular weight excluding hydrogens is 620 g/mol. The molecule has 1 aliphatic heterocycles. The Balaban J connectivity index is 1.39. The number of fused-ring (bicyclic) bond motifs is 1. The van der Waals surface area contributed by atoms with Crippen LogP contribution in [0.3, 0.4) is 0 Å². The van der Waals surface area contributed by atoms with Crippen LogP contribution in [0.25, 0.3) is 22.0 Å². The van der Waals surface area contributed by atoms with Gasteiger partial charge in [-0.25, -0.2) is 24.1 Å². The maximum Gasteiger partial charge on any atom is 0.416 e. The normalized spacial score (nSPS) is 16.1. The number of halogens is 4. The van der Waals surface area contributed by atoms with Gasteiger partial charge in [0.25, 0.3) is 0 Å². The number of alkyl halides is 3. The van der Waals surface area contributed by atoms with E-state index in [1.807, 2.05) is 20.8 Å². The third-order valence-corrected chi connectivity index (χ3v) is 7.46. The van der Waals surface area contributed by atoms with E-state index >= 15 is 0 Å². The van der Waals surface area contributed by atoms with Gasteiger partial charge in [-0.2, -0.15) is 13.2 Å². The first kappa shape index (κ1) is 33.6. The molecule has 0 radical (unpaired) electrons. The first-order chi connectivity index (χ1) is 22.2. The number of hydrogen-bond donors (Lipinski definition) is 3. The summed E-state index contributed by atoms with van der Waals surface area (Å²) in [5.41, 5.74) is 0.897. The van der Waals surface area contributed by atoms with Crippen molar-refractivity contribution in [3.8, 4) is 22.9 Å². The summed E-state index contributed by atoms with van der Waals surface area (Å²) in [4.78, 5) is 27.8. The molecule has 1 fully saturated rings.